The molecular formula is C22H31N3O. The molecule has 1 aliphatic rings. The van der Waals surface area contributed by atoms with Gasteiger partial charge in [-0.15, -0.1) is 0 Å². The topological polar surface area (TPSA) is 51.4 Å². The van der Waals surface area contributed by atoms with Crippen molar-refractivity contribution in [2.75, 3.05) is 20.2 Å². The zero-order valence-corrected chi connectivity index (χ0v) is 15.8. The van der Waals surface area contributed by atoms with Gasteiger partial charge < -0.3 is 10.5 Å². The molecule has 1 heterocycles. The number of hydrogen-bond donors (Lipinski definition) is 1. The molecule has 0 aliphatic heterocycles. The Morgan fingerprint density at radius 1 is 1.00 bits per heavy atom. The van der Waals surface area contributed by atoms with Crippen molar-refractivity contribution in [1.82, 2.24) is 9.88 Å². The van der Waals surface area contributed by atoms with Crippen LogP contribution < -0.4 is 10.5 Å². The number of hydrogen-bond acceptors (Lipinski definition) is 4. The van der Waals surface area contributed by atoms with Crippen molar-refractivity contribution in [2.45, 2.75) is 38.8 Å². The summed E-state index contributed by atoms with van der Waals surface area (Å²) in [5, 5.41) is 0. The molecule has 140 valence electrons. The Morgan fingerprint density at radius 3 is 2.31 bits per heavy atom. The quantitative estimate of drug-likeness (QED) is 0.783. The van der Waals surface area contributed by atoms with Gasteiger partial charge in [0.05, 0.1) is 7.11 Å². The van der Waals surface area contributed by atoms with E-state index in [1.807, 2.05) is 30.6 Å². The van der Waals surface area contributed by atoms with Gasteiger partial charge in [-0.1, -0.05) is 18.2 Å². The molecule has 1 aromatic carbocycles. The van der Waals surface area contributed by atoms with Crippen molar-refractivity contribution in [3.8, 4) is 5.75 Å². The number of ether oxygens (including phenoxy) is 1. The van der Waals surface area contributed by atoms with Gasteiger partial charge >= 0.3 is 0 Å². The molecule has 0 unspecified atom stereocenters. The van der Waals surface area contributed by atoms with Gasteiger partial charge in [0, 0.05) is 32.0 Å². The average molecular weight is 354 g/mol. The molecule has 0 radical (unpaired) electrons. The van der Waals surface area contributed by atoms with Crippen LogP contribution in [0.5, 0.6) is 5.75 Å². The Kier molecular flexibility index (Phi) is 7.04. The summed E-state index contributed by atoms with van der Waals surface area (Å²) >= 11 is 0. The predicted molar refractivity (Wildman–Crippen MR) is 106 cm³/mol. The number of nitrogens with zero attached hydrogens (tertiary/aromatic N) is 2. The highest BCUT2D eigenvalue weighted by molar-refractivity contribution is 5.27. The van der Waals surface area contributed by atoms with Crippen LogP contribution in [0, 0.1) is 11.8 Å². The number of methoxy groups -OCH3 is 1. The van der Waals surface area contributed by atoms with Crippen molar-refractivity contribution in [3.05, 3.63) is 59.9 Å². The van der Waals surface area contributed by atoms with Crippen LogP contribution >= 0.6 is 0 Å². The van der Waals surface area contributed by atoms with Crippen molar-refractivity contribution in [1.29, 1.82) is 0 Å². The van der Waals surface area contributed by atoms with Crippen molar-refractivity contribution in [2.24, 2.45) is 17.6 Å². The molecule has 2 aromatic rings. The first-order valence-corrected chi connectivity index (χ1v) is 9.71. The van der Waals surface area contributed by atoms with E-state index in [9.17, 15) is 0 Å². The van der Waals surface area contributed by atoms with Crippen LogP contribution in [0.25, 0.3) is 0 Å². The molecule has 4 nitrogen and oxygen atoms in total. The molecular weight excluding hydrogens is 322 g/mol. The molecule has 3 rings (SSSR count). The lowest BCUT2D eigenvalue weighted by atomic mass is 9.82. The highest BCUT2D eigenvalue weighted by Gasteiger charge is 2.22. The normalized spacial score (nSPS) is 20.3. The highest BCUT2D eigenvalue weighted by Crippen LogP contribution is 2.29. The van der Waals surface area contributed by atoms with E-state index >= 15 is 0 Å². The Hall–Kier alpha value is -1.91. The van der Waals surface area contributed by atoms with Gasteiger partial charge in [-0.2, -0.15) is 0 Å². The minimum Gasteiger partial charge on any atom is -0.497 e. The summed E-state index contributed by atoms with van der Waals surface area (Å²) in [6, 6.07) is 12.6. The lowest BCUT2D eigenvalue weighted by Gasteiger charge is -2.32. The van der Waals surface area contributed by atoms with Crippen molar-refractivity contribution < 1.29 is 4.74 Å². The molecule has 2 N–H and O–H groups in total. The Bertz CT molecular complexity index is 636. The largest absolute Gasteiger partial charge is 0.497 e. The summed E-state index contributed by atoms with van der Waals surface area (Å²) in [7, 11) is 1.71. The first kappa shape index (κ1) is 18.9. The minimum atomic E-state index is 0.736. The number of pyridine rings is 1. The van der Waals surface area contributed by atoms with Crippen LogP contribution in [0.4, 0.5) is 0 Å². The number of rotatable bonds is 8. The molecule has 26 heavy (non-hydrogen) atoms. The highest BCUT2D eigenvalue weighted by atomic mass is 16.5. The van der Waals surface area contributed by atoms with Crippen LogP contribution in [0.15, 0.2) is 48.8 Å². The third-order valence-electron chi connectivity index (χ3n) is 5.51. The molecule has 0 saturated heterocycles. The molecule has 1 aliphatic carbocycles. The lowest BCUT2D eigenvalue weighted by Crippen LogP contribution is -2.32. The average Bonchev–Trinajstić information content (AvgIpc) is 2.70. The van der Waals surface area contributed by atoms with E-state index in [0.29, 0.717) is 0 Å². The van der Waals surface area contributed by atoms with E-state index in [1.54, 1.807) is 7.11 Å². The predicted octanol–water partition coefficient (Wildman–Crippen LogP) is 3.86. The number of aromatic nitrogens is 1. The fraction of sp³-hybridized carbons (Fsp3) is 0.500. The summed E-state index contributed by atoms with van der Waals surface area (Å²) in [6.45, 7) is 3.88. The van der Waals surface area contributed by atoms with Gasteiger partial charge in [-0.05, 0) is 73.4 Å². The standard InChI is InChI=1S/C22H31N3O/c1-26-22-10-8-20(9-11-22)16-25(17-21-3-2-12-24-14-21)15-19-6-4-18(13-23)5-7-19/h2-3,8-12,14,18-19H,4-7,13,15-17,23H2,1H3. The van der Waals surface area contributed by atoms with Crippen molar-refractivity contribution >= 4 is 0 Å². The minimum absolute atomic E-state index is 0.736. The van der Waals surface area contributed by atoms with E-state index < -0.39 is 0 Å². The zero-order chi connectivity index (χ0) is 18.2. The van der Waals surface area contributed by atoms with Crippen LogP contribution in [-0.2, 0) is 13.1 Å². The SMILES string of the molecule is COc1ccc(CN(Cc2cccnc2)CC2CCC(CN)CC2)cc1. The summed E-state index contributed by atoms with van der Waals surface area (Å²) in [5.74, 6) is 2.42. The molecule has 4 heteroatoms. The molecule has 0 amide bonds. The third-order valence-corrected chi connectivity index (χ3v) is 5.51. The maximum atomic E-state index is 5.85. The molecule has 0 atom stereocenters. The van der Waals surface area contributed by atoms with Crippen LogP contribution in [0.2, 0.25) is 0 Å². The molecule has 0 bridgehead atoms. The Balaban J connectivity index is 1.64. The Morgan fingerprint density at radius 2 is 1.69 bits per heavy atom. The van der Waals surface area contributed by atoms with Crippen LogP contribution in [0.1, 0.15) is 36.8 Å². The first-order chi connectivity index (χ1) is 12.8. The summed E-state index contributed by atoms with van der Waals surface area (Å²) in [4.78, 5) is 6.84. The van der Waals surface area contributed by atoms with Crippen LogP contribution in [-0.4, -0.2) is 30.1 Å². The van der Waals surface area contributed by atoms with Gasteiger partial charge in [0.15, 0.2) is 0 Å². The summed E-state index contributed by atoms with van der Waals surface area (Å²) in [5.41, 5.74) is 8.45. The van der Waals surface area contributed by atoms with Gasteiger partial charge in [-0.3, -0.25) is 9.88 Å². The van der Waals surface area contributed by atoms with Crippen molar-refractivity contribution in [3.63, 3.8) is 0 Å². The fourth-order valence-electron chi connectivity index (χ4n) is 3.94. The summed E-state index contributed by atoms with van der Waals surface area (Å²) < 4.78 is 5.28. The van der Waals surface area contributed by atoms with E-state index in [-0.39, 0.29) is 0 Å². The second-order valence-corrected chi connectivity index (χ2v) is 7.50. The second-order valence-electron chi connectivity index (χ2n) is 7.50. The lowest BCUT2D eigenvalue weighted by molar-refractivity contribution is 0.170. The van der Waals surface area contributed by atoms with Gasteiger partial charge in [0.1, 0.15) is 5.75 Å². The Labute approximate surface area is 157 Å². The van der Waals surface area contributed by atoms with E-state index in [4.69, 9.17) is 10.5 Å². The van der Waals surface area contributed by atoms with E-state index in [0.717, 1.165) is 43.8 Å². The van der Waals surface area contributed by atoms with Gasteiger partial charge in [0.2, 0.25) is 0 Å². The van der Waals surface area contributed by atoms with Gasteiger partial charge in [-0.25, -0.2) is 0 Å². The van der Waals surface area contributed by atoms with E-state index in [2.05, 4.69) is 28.1 Å². The fourth-order valence-corrected chi connectivity index (χ4v) is 3.94. The number of nitrogens with two attached hydrogens (primary N) is 1. The third kappa shape index (κ3) is 5.55. The molecule has 0 spiro atoms. The van der Waals surface area contributed by atoms with E-state index in [1.165, 1.54) is 36.8 Å². The molecule has 1 aromatic heterocycles. The molecule has 1 saturated carbocycles. The van der Waals surface area contributed by atoms with Crippen LogP contribution in [0.3, 0.4) is 0 Å². The zero-order valence-electron chi connectivity index (χ0n) is 15.8. The first-order valence-electron chi connectivity index (χ1n) is 9.71. The second kappa shape index (κ2) is 9.70. The van der Waals surface area contributed by atoms with Gasteiger partial charge in [0.25, 0.3) is 0 Å². The smallest absolute Gasteiger partial charge is 0.118 e. The monoisotopic (exact) mass is 353 g/mol. The maximum Gasteiger partial charge on any atom is 0.118 e. The maximum absolute atomic E-state index is 5.85. The number of benzene rings is 1. The summed E-state index contributed by atoms with van der Waals surface area (Å²) in [6.07, 6.45) is 8.98. The molecule has 1 fully saturated rings.